The molecule has 0 aromatic carbocycles. The summed E-state index contributed by atoms with van der Waals surface area (Å²) in [7, 11) is -1.65. The number of pyridine rings is 1. The van der Waals surface area contributed by atoms with Crippen LogP contribution in [0.2, 0.25) is 5.02 Å². The van der Waals surface area contributed by atoms with Gasteiger partial charge in [0.05, 0.1) is 0 Å². The van der Waals surface area contributed by atoms with Crippen LogP contribution in [0.3, 0.4) is 0 Å². The molecule has 2 aromatic heterocycles. The Balaban J connectivity index is 2.56. The minimum atomic E-state index is -4.19. The minimum Gasteiger partial charge on any atom is -0.302 e. The van der Waals surface area contributed by atoms with E-state index in [2.05, 4.69) is 9.71 Å². The summed E-state index contributed by atoms with van der Waals surface area (Å²) in [5, 5.41) is 0.288. The zero-order valence-electron chi connectivity index (χ0n) is 11.1. The van der Waals surface area contributed by atoms with Crippen LogP contribution in [0.4, 0.5) is 5.82 Å². The van der Waals surface area contributed by atoms with Crippen molar-refractivity contribution in [1.29, 1.82) is 0 Å². The van der Waals surface area contributed by atoms with Gasteiger partial charge in [0.2, 0.25) is 0 Å². The first kappa shape index (κ1) is 15.3. The monoisotopic (exact) mass is 330 g/mol. The van der Waals surface area contributed by atoms with E-state index in [0.717, 1.165) is 10.8 Å². The minimum absolute atomic E-state index is 0.0293. The lowest BCUT2D eigenvalue weighted by Gasteiger charge is -2.09. The summed E-state index contributed by atoms with van der Waals surface area (Å²) in [6, 6.07) is 2.77. The number of hydrogen-bond donors (Lipinski definition) is 1. The van der Waals surface area contributed by atoms with Crippen LogP contribution in [0.1, 0.15) is 0 Å². The second kappa shape index (κ2) is 5.34. The van der Waals surface area contributed by atoms with Gasteiger partial charge < -0.3 is 4.57 Å². The van der Waals surface area contributed by atoms with E-state index in [9.17, 15) is 18.0 Å². The molecule has 0 aliphatic heterocycles. The molecule has 0 saturated carbocycles. The third-order valence-electron chi connectivity index (χ3n) is 2.67. The second-order valence-electron chi connectivity index (χ2n) is 4.22. The maximum Gasteiger partial charge on any atom is 0.330 e. The molecular formula is C11H11ClN4O4S. The van der Waals surface area contributed by atoms with E-state index >= 15 is 0 Å². The van der Waals surface area contributed by atoms with Gasteiger partial charge in [-0.25, -0.2) is 18.2 Å². The van der Waals surface area contributed by atoms with E-state index in [1.807, 2.05) is 0 Å². The molecule has 1 N–H and O–H groups in total. The molecule has 2 aromatic rings. The zero-order chi connectivity index (χ0) is 15.8. The first-order chi connectivity index (χ1) is 9.72. The molecule has 10 heteroatoms. The first-order valence-electron chi connectivity index (χ1n) is 5.63. The predicted molar refractivity (Wildman–Crippen MR) is 77.0 cm³/mol. The van der Waals surface area contributed by atoms with Crippen molar-refractivity contribution in [2.24, 2.45) is 14.1 Å². The van der Waals surface area contributed by atoms with Crippen molar-refractivity contribution in [1.82, 2.24) is 14.1 Å². The van der Waals surface area contributed by atoms with Crippen LogP contribution in [-0.4, -0.2) is 22.5 Å². The number of sulfonamides is 1. The van der Waals surface area contributed by atoms with Crippen molar-refractivity contribution in [2.75, 3.05) is 4.72 Å². The van der Waals surface area contributed by atoms with Crippen LogP contribution in [0, 0.1) is 0 Å². The predicted octanol–water partition coefficient (Wildman–Crippen LogP) is -0.0668. The van der Waals surface area contributed by atoms with Gasteiger partial charge in [-0.2, -0.15) is 0 Å². The van der Waals surface area contributed by atoms with E-state index < -0.39 is 26.2 Å². The molecule has 0 aliphatic rings. The van der Waals surface area contributed by atoms with Crippen LogP contribution in [-0.2, 0) is 24.1 Å². The number of rotatable bonds is 3. The number of anilines is 1. The van der Waals surface area contributed by atoms with Gasteiger partial charge in [-0.15, -0.1) is 0 Å². The lowest BCUT2D eigenvalue weighted by molar-refractivity contribution is 0.589. The highest BCUT2D eigenvalue weighted by molar-refractivity contribution is 7.92. The highest BCUT2D eigenvalue weighted by atomic mass is 35.5. The Morgan fingerprint density at radius 3 is 2.57 bits per heavy atom. The molecule has 0 saturated heterocycles. The average Bonchev–Trinajstić information content (AvgIpc) is 2.40. The topological polar surface area (TPSA) is 103 Å². The summed E-state index contributed by atoms with van der Waals surface area (Å²) in [5.41, 5.74) is -1.55. The Kier molecular flexibility index (Phi) is 3.88. The zero-order valence-corrected chi connectivity index (χ0v) is 12.6. The van der Waals surface area contributed by atoms with Gasteiger partial charge in [0.1, 0.15) is 5.82 Å². The van der Waals surface area contributed by atoms with E-state index in [4.69, 9.17) is 11.6 Å². The molecule has 112 valence electrons. The molecule has 2 rings (SSSR count). The van der Waals surface area contributed by atoms with Crippen molar-refractivity contribution >= 4 is 27.4 Å². The third kappa shape index (κ3) is 2.98. The summed E-state index contributed by atoms with van der Waals surface area (Å²) >= 11 is 5.74. The molecular weight excluding hydrogens is 320 g/mol. The van der Waals surface area contributed by atoms with Gasteiger partial charge >= 0.3 is 5.69 Å². The molecule has 8 nitrogen and oxygen atoms in total. The molecule has 0 fully saturated rings. The molecule has 0 amide bonds. The maximum absolute atomic E-state index is 12.2. The van der Waals surface area contributed by atoms with Gasteiger partial charge in [-0.1, -0.05) is 11.6 Å². The summed E-state index contributed by atoms with van der Waals surface area (Å²) in [4.78, 5) is 26.7. The van der Waals surface area contributed by atoms with Crippen LogP contribution in [0.5, 0.6) is 0 Å². The number of aromatic nitrogens is 3. The molecule has 0 unspecified atom stereocenters. The third-order valence-corrected chi connectivity index (χ3v) is 4.24. The molecule has 0 radical (unpaired) electrons. The molecule has 0 spiro atoms. The summed E-state index contributed by atoms with van der Waals surface area (Å²) in [6.45, 7) is 0. The Hall–Kier alpha value is -2.13. The summed E-state index contributed by atoms with van der Waals surface area (Å²) in [5.74, 6) is -0.0293. The van der Waals surface area contributed by atoms with Crippen molar-refractivity contribution < 1.29 is 8.42 Å². The van der Waals surface area contributed by atoms with Crippen LogP contribution in [0.15, 0.2) is 39.0 Å². The van der Waals surface area contributed by atoms with Gasteiger partial charge in [-0.3, -0.25) is 14.1 Å². The van der Waals surface area contributed by atoms with Crippen LogP contribution >= 0.6 is 11.6 Å². The first-order valence-corrected chi connectivity index (χ1v) is 7.49. The SMILES string of the molecule is Cn1cc(S(=O)(=O)Nc2cc(Cl)ccn2)c(=O)n(C)c1=O. The number of hydrogen-bond acceptors (Lipinski definition) is 5. The van der Waals surface area contributed by atoms with E-state index in [-0.39, 0.29) is 10.8 Å². The smallest absolute Gasteiger partial charge is 0.302 e. The average molecular weight is 331 g/mol. The quantitative estimate of drug-likeness (QED) is 0.848. The normalized spacial score (nSPS) is 11.4. The summed E-state index contributed by atoms with van der Waals surface area (Å²) < 4.78 is 28.3. The highest BCUT2D eigenvalue weighted by Gasteiger charge is 2.22. The standard InChI is InChI=1S/C11H11ClN4O4S/c1-15-6-8(10(17)16(2)11(15)18)21(19,20)14-9-5-7(12)3-4-13-9/h3-6H,1-2H3,(H,13,14). The van der Waals surface area contributed by atoms with Gasteiger partial charge in [0.15, 0.2) is 4.90 Å². The number of nitrogens with one attached hydrogen (secondary N) is 1. The molecule has 0 aliphatic carbocycles. The van der Waals surface area contributed by atoms with Crippen molar-refractivity contribution in [2.45, 2.75) is 4.90 Å². The lowest BCUT2D eigenvalue weighted by atomic mass is 10.5. The van der Waals surface area contributed by atoms with Crippen molar-refractivity contribution in [3.05, 3.63) is 50.4 Å². The summed E-state index contributed by atoms with van der Waals surface area (Å²) in [6.07, 6.45) is 2.27. The largest absolute Gasteiger partial charge is 0.330 e. The van der Waals surface area contributed by atoms with E-state index in [1.54, 1.807) is 0 Å². The molecule has 2 heterocycles. The van der Waals surface area contributed by atoms with Crippen LogP contribution < -0.4 is 16.0 Å². The van der Waals surface area contributed by atoms with Crippen molar-refractivity contribution in [3.63, 3.8) is 0 Å². The molecule has 0 atom stereocenters. The second-order valence-corrected chi connectivity index (χ2v) is 6.30. The lowest BCUT2D eigenvalue weighted by Crippen LogP contribution is -2.40. The van der Waals surface area contributed by atoms with Gasteiger partial charge in [0, 0.05) is 37.6 Å². The number of halogens is 1. The van der Waals surface area contributed by atoms with E-state index in [1.165, 1.54) is 32.4 Å². The van der Waals surface area contributed by atoms with Crippen LogP contribution in [0.25, 0.3) is 0 Å². The highest BCUT2D eigenvalue weighted by Crippen LogP contribution is 2.15. The number of aryl methyl sites for hydroxylation is 1. The molecule has 21 heavy (non-hydrogen) atoms. The Morgan fingerprint density at radius 1 is 1.29 bits per heavy atom. The fraction of sp³-hybridized carbons (Fsp3) is 0.182. The number of nitrogens with zero attached hydrogens (tertiary/aromatic N) is 3. The maximum atomic E-state index is 12.2. The van der Waals surface area contributed by atoms with Gasteiger partial charge in [-0.05, 0) is 6.07 Å². The Labute approximate surface area is 124 Å². The fourth-order valence-electron chi connectivity index (χ4n) is 1.61. The van der Waals surface area contributed by atoms with Crippen molar-refractivity contribution in [3.8, 4) is 0 Å². The molecule has 0 bridgehead atoms. The Morgan fingerprint density at radius 2 is 1.95 bits per heavy atom. The van der Waals surface area contributed by atoms with E-state index in [0.29, 0.717) is 4.57 Å². The Bertz CT molecular complexity index is 917. The van der Waals surface area contributed by atoms with Gasteiger partial charge in [0.25, 0.3) is 15.6 Å². The fourth-order valence-corrected chi connectivity index (χ4v) is 2.93.